The van der Waals surface area contributed by atoms with E-state index in [9.17, 15) is 14.7 Å². The molecule has 1 atom stereocenters. The van der Waals surface area contributed by atoms with Crippen molar-refractivity contribution in [2.45, 2.75) is 39.5 Å². The summed E-state index contributed by atoms with van der Waals surface area (Å²) < 4.78 is 2.42. The van der Waals surface area contributed by atoms with Crippen LogP contribution in [-0.2, 0) is 18.4 Å². The Hall–Kier alpha value is -1.63. The summed E-state index contributed by atoms with van der Waals surface area (Å²) in [5, 5.41) is 13.2. The van der Waals surface area contributed by atoms with Gasteiger partial charge in [-0.3, -0.25) is 9.36 Å². The van der Waals surface area contributed by atoms with Crippen LogP contribution in [0.15, 0.2) is 11.1 Å². The number of aliphatic hydroxyl groups is 1. The number of aryl methyl sites for hydroxylation is 1. The topological polar surface area (TPSA) is 80.4 Å². The van der Waals surface area contributed by atoms with Crippen molar-refractivity contribution in [2.75, 3.05) is 6.54 Å². The number of amides is 1. The molecule has 1 aromatic heterocycles. The molecule has 0 saturated heterocycles. The van der Waals surface area contributed by atoms with Crippen LogP contribution in [0.3, 0.4) is 0 Å². The summed E-state index contributed by atoms with van der Waals surface area (Å²) in [6.45, 7) is 5.49. The maximum absolute atomic E-state index is 12.1. The quantitative estimate of drug-likeness (QED) is 0.748. The Morgan fingerprint density at radius 2 is 2.11 bits per heavy atom. The highest BCUT2D eigenvalue weighted by atomic mass is 16.3. The number of carbonyl (C=O) groups is 1. The van der Waals surface area contributed by atoms with Gasteiger partial charge in [0.05, 0.1) is 6.10 Å². The zero-order valence-electron chi connectivity index (χ0n) is 11.2. The lowest BCUT2D eigenvalue weighted by Gasteiger charge is -2.27. The fourth-order valence-corrected chi connectivity index (χ4v) is 1.63. The van der Waals surface area contributed by atoms with E-state index in [1.54, 1.807) is 14.0 Å². The molecular formula is C11H20N4O3. The predicted octanol–water partition coefficient (Wildman–Crippen LogP) is -0.800. The van der Waals surface area contributed by atoms with Crippen molar-refractivity contribution in [3.63, 3.8) is 0 Å². The molecule has 18 heavy (non-hydrogen) atoms. The minimum Gasteiger partial charge on any atom is -0.392 e. The van der Waals surface area contributed by atoms with Gasteiger partial charge in [0.2, 0.25) is 5.91 Å². The molecule has 0 fully saturated rings. The number of rotatable bonds is 5. The lowest BCUT2D eigenvalue weighted by atomic mass is 10.2. The normalized spacial score (nSPS) is 12.8. The SMILES string of the molecule is CC(O)CN(C(=O)Cn1ncn(C)c1=O)C(C)C. The third-order valence-corrected chi connectivity index (χ3v) is 2.58. The van der Waals surface area contributed by atoms with Gasteiger partial charge in [-0.2, -0.15) is 5.10 Å². The second kappa shape index (κ2) is 5.81. The fraction of sp³-hybridized carbons (Fsp3) is 0.727. The van der Waals surface area contributed by atoms with Crippen molar-refractivity contribution >= 4 is 5.91 Å². The highest BCUT2D eigenvalue weighted by Gasteiger charge is 2.20. The number of aliphatic hydroxyl groups excluding tert-OH is 1. The molecule has 1 unspecified atom stereocenters. The van der Waals surface area contributed by atoms with Crippen LogP contribution in [0.1, 0.15) is 20.8 Å². The number of nitrogens with zero attached hydrogens (tertiary/aromatic N) is 4. The number of carbonyl (C=O) groups excluding carboxylic acids is 1. The van der Waals surface area contributed by atoms with E-state index in [0.29, 0.717) is 0 Å². The van der Waals surface area contributed by atoms with Crippen molar-refractivity contribution in [1.29, 1.82) is 0 Å². The first kappa shape index (κ1) is 14.4. The van der Waals surface area contributed by atoms with Crippen molar-refractivity contribution in [3.8, 4) is 0 Å². The van der Waals surface area contributed by atoms with Gasteiger partial charge in [-0.25, -0.2) is 9.48 Å². The molecule has 1 aromatic rings. The Labute approximate surface area is 106 Å². The van der Waals surface area contributed by atoms with Crippen LogP contribution in [0.5, 0.6) is 0 Å². The lowest BCUT2D eigenvalue weighted by Crippen LogP contribution is -2.44. The number of aromatic nitrogens is 3. The molecule has 0 aliphatic rings. The molecule has 7 heteroatoms. The van der Waals surface area contributed by atoms with Crippen LogP contribution in [0, 0.1) is 0 Å². The van der Waals surface area contributed by atoms with Crippen molar-refractivity contribution in [2.24, 2.45) is 7.05 Å². The monoisotopic (exact) mass is 256 g/mol. The van der Waals surface area contributed by atoms with Gasteiger partial charge < -0.3 is 10.0 Å². The van der Waals surface area contributed by atoms with Gasteiger partial charge in [0, 0.05) is 19.6 Å². The first-order valence-electron chi connectivity index (χ1n) is 5.89. The Morgan fingerprint density at radius 1 is 1.50 bits per heavy atom. The molecule has 0 saturated carbocycles. The summed E-state index contributed by atoms with van der Waals surface area (Å²) in [6.07, 6.45) is 0.765. The van der Waals surface area contributed by atoms with Gasteiger partial charge >= 0.3 is 5.69 Å². The van der Waals surface area contributed by atoms with Crippen molar-refractivity contribution in [1.82, 2.24) is 19.2 Å². The molecule has 102 valence electrons. The van der Waals surface area contributed by atoms with Crippen LogP contribution < -0.4 is 5.69 Å². The lowest BCUT2D eigenvalue weighted by molar-refractivity contribution is -0.135. The summed E-state index contributed by atoms with van der Waals surface area (Å²) in [6, 6.07) is -0.0356. The second-order valence-electron chi connectivity index (χ2n) is 4.67. The molecule has 1 amide bonds. The number of hydrogen-bond acceptors (Lipinski definition) is 4. The molecule has 0 bridgehead atoms. The summed E-state index contributed by atoms with van der Waals surface area (Å²) in [5.74, 6) is -0.230. The van der Waals surface area contributed by atoms with Crippen LogP contribution in [-0.4, -0.2) is 49.0 Å². The van der Waals surface area contributed by atoms with Crippen LogP contribution in [0.4, 0.5) is 0 Å². The smallest absolute Gasteiger partial charge is 0.345 e. The third kappa shape index (κ3) is 3.43. The summed E-state index contributed by atoms with van der Waals surface area (Å²) in [7, 11) is 1.58. The molecule has 1 heterocycles. The highest BCUT2D eigenvalue weighted by Crippen LogP contribution is 2.02. The van der Waals surface area contributed by atoms with Crippen molar-refractivity contribution < 1.29 is 9.90 Å². The molecule has 0 spiro atoms. The Kier molecular flexibility index (Phi) is 4.66. The zero-order chi connectivity index (χ0) is 13.9. The standard InChI is InChI=1S/C11H20N4O3/c1-8(2)14(5-9(3)16)10(17)6-15-11(18)13(4)7-12-15/h7-9,16H,5-6H2,1-4H3. The maximum Gasteiger partial charge on any atom is 0.345 e. The Bertz CT molecular complexity index is 461. The van der Waals surface area contributed by atoms with E-state index in [1.165, 1.54) is 15.8 Å². The molecule has 0 radical (unpaired) electrons. The van der Waals surface area contributed by atoms with E-state index in [-0.39, 0.29) is 30.7 Å². The largest absolute Gasteiger partial charge is 0.392 e. The van der Waals surface area contributed by atoms with Crippen LogP contribution in [0.2, 0.25) is 0 Å². The van der Waals surface area contributed by atoms with Crippen LogP contribution >= 0.6 is 0 Å². The van der Waals surface area contributed by atoms with E-state index in [1.807, 2.05) is 13.8 Å². The Morgan fingerprint density at radius 3 is 2.50 bits per heavy atom. The van der Waals surface area contributed by atoms with Gasteiger partial charge in [-0.1, -0.05) is 0 Å². The predicted molar refractivity (Wildman–Crippen MR) is 66.0 cm³/mol. The van der Waals surface area contributed by atoms with E-state index in [0.717, 1.165) is 4.68 Å². The van der Waals surface area contributed by atoms with Gasteiger partial charge in [0.25, 0.3) is 0 Å². The third-order valence-electron chi connectivity index (χ3n) is 2.58. The molecule has 0 aliphatic heterocycles. The highest BCUT2D eigenvalue weighted by molar-refractivity contribution is 5.76. The van der Waals surface area contributed by atoms with Gasteiger partial charge in [0.1, 0.15) is 12.9 Å². The second-order valence-corrected chi connectivity index (χ2v) is 4.67. The Balaban J connectivity index is 2.79. The molecule has 0 aliphatic carbocycles. The summed E-state index contributed by atoms with van der Waals surface area (Å²) >= 11 is 0. The van der Waals surface area contributed by atoms with E-state index < -0.39 is 6.10 Å². The fourth-order valence-electron chi connectivity index (χ4n) is 1.63. The first-order chi connectivity index (χ1) is 8.32. The average Bonchev–Trinajstić information content (AvgIpc) is 2.57. The van der Waals surface area contributed by atoms with Crippen molar-refractivity contribution in [3.05, 3.63) is 16.8 Å². The zero-order valence-corrected chi connectivity index (χ0v) is 11.2. The van der Waals surface area contributed by atoms with E-state index in [4.69, 9.17) is 0 Å². The minimum atomic E-state index is -0.600. The maximum atomic E-state index is 12.1. The summed E-state index contributed by atoms with van der Waals surface area (Å²) in [4.78, 5) is 25.2. The number of hydrogen-bond donors (Lipinski definition) is 1. The van der Waals surface area contributed by atoms with E-state index in [2.05, 4.69) is 5.10 Å². The average molecular weight is 256 g/mol. The molecule has 1 rings (SSSR count). The van der Waals surface area contributed by atoms with E-state index >= 15 is 0 Å². The van der Waals surface area contributed by atoms with Crippen LogP contribution in [0.25, 0.3) is 0 Å². The molecule has 1 N–H and O–H groups in total. The molecular weight excluding hydrogens is 236 g/mol. The first-order valence-corrected chi connectivity index (χ1v) is 5.89. The van der Waals surface area contributed by atoms with Gasteiger partial charge in [-0.15, -0.1) is 0 Å². The minimum absolute atomic E-state index is 0.0356. The molecule has 7 nitrogen and oxygen atoms in total. The van der Waals surface area contributed by atoms with Gasteiger partial charge in [0.15, 0.2) is 0 Å². The van der Waals surface area contributed by atoms with Gasteiger partial charge in [-0.05, 0) is 20.8 Å². The molecule has 0 aromatic carbocycles. The summed E-state index contributed by atoms with van der Waals surface area (Å²) in [5.41, 5.74) is -0.330.